The zero-order valence-corrected chi connectivity index (χ0v) is 19.4. The highest BCUT2D eigenvalue weighted by Crippen LogP contribution is 2.44. The minimum atomic E-state index is -4.49. The summed E-state index contributed by atoms with van der Waals surface area (Å²) in [5, 5.41) is 5.62. The molecule has 0 saturated heterocycles. The molecule has 0 spiro atoms. The Morgan fingerprint density at radius 2 is 1.81 bits per heavy atom. The number of guanidine groups is 1. The van der Waals surface area contributed by atoms with Crippen LogP contribution in [0.4, 0.5) is 26.3 Å². The van der Waals surface area contributed by atoms with Crippen molar-refractivity contribution in [2.45, 2.75) is 37.0 Å². The van der Waals surface area contributed by atoms with Gasteiger partial charge in [0.15, 0.2) is 5.96 Å². The number of nitrogens with one attached hydrogen (secondary N) is 2. The lowest BCUT2D eigenvalue weighted by Gasteiger charge is -2.43. The number of carbonyl (C=O) groups is 1. The summed E-state index contributed by atoms with van der Waals surface area (Å²) >= 11 is 0. The van der Waals surface area contributed by atoms with Crippen LogP contribution in [0.1, 0.15) is 30.4 Å². The number of benzene rings is 1. The molecule has 0 radical (unpaired) electrons. The first kappa shape index (κ1) is 27.3. The van der Waals surface area contributed by atoms with Crippen molar-refractivity contribution in [1.29, 1.82) is 0 Å². The fraction of sp³-hybridized carbons (Fsp3) is 0.579. The second-order valence-corrected chi connectivity index (χ2v) is 7.36. The van der Waals surface area contributed by atoms with E-state index in [1.165, 1.54) is 13.1 Å². The number of halogens is 7. The molecule has 12 heteroatoms. The van der Waals surface area contributed by atoms with E-state index in [2.05, 4.69) is 15.6 Å². The fourth-order valence-electron chi connectivity index (χ4n) is 3.32. The molecule has 2 rings (SSSR count). The third kappa shape index (κ3) is 7.72. The Morgan fingerprint density at radius 3 is 2.29 bits per heavy atom. The van der Waals surface area contributed by atoms with Crippen molar-refractivity contribution in [3.8, 4) is 0 Å². The first-order chi connectivity index (χ1) is 13.9. The maximum atomic E-state index is 13.0. The minimum absolute atomic E-state index is 0. The van der Waals surface area contributed by atoms with Gasteiger partial charge in [0, 0.05) is 26.1 Å². The van der Waals surface area contributed by atoms with E-state index in [1.807, 2.05) is 0 Å². The van der Waals surface area contributed by atoms with Gasteiger partial charge in [-0.15, -0.1) is 24.0 Å². The van der Waals surface area contributed by atoms with Crippen molar-refractivity contribution in [2.75, 3.05) is 33.7 Å². The second-order valence-electron chi connectivity index (χ2n) is 7.36. The zero-order chi connectivity index (χ0) is 22.6. The first-order valence-electron chi connectivity index (χ1n) is 9.29. The van der Waals surface area contributed by atoms with E-state index < -0.39 is 42.3 Å². The molecule has 1 fully saturated rings. The van der Waals surface area contributed by atoms with Gasteiger partial charge in [-0.3, -0.25) is 9.79 Å². The molecule has 0 bridgehead atoms. The molecule has 0 atom stereocenters. The average molecular weight is 566 g/mol. The van der Waals surface area contributed by atoms with E-state index in [1.54, 1.807) is 6.07 Å². The van der Waals surface area contributed by atoms with Crippen LogP contribution in [0.25, 0.3) is 0 Å². The standard InChI is InChI=1S/C19H24F6N4O.HI/c1-26-16(27-10-15(30)29(2)12-18(20,21)22)28-11-17(7-4-8-17)13-5-3-6-14(9-13)19(23,24)25;/h3,5-6,9H,4,7-8,10-12H2,1-2H3,(H2,26,27,28);1H. The van der Waals surface area contributed by atoms with Crippen LogP contribution in [0.3, 0.4) is 0 Å². The van der Waals surface area contributed by atoms with Gasteiger partial charge >= 0.3 is 12.4 Å². The Morgan fingerprint density at radius 1 is 1.16 bits per heavy atom. The van der Waals surface area contributed by atoms with E-state index in [0.29, 0.717) is 23.3 Å². The number of aliphatic imine (C=N–C) groups is 1. The van der Waals surface area contributed by atoms with Crippen molar-refractivity contribution < 1.29 is 31.1 Å². The molecule has 5 nitrogen and oxygen atoms in total. The molecule has 2 N–H and O–H groups in total. The summed E-state index contributed by atoms with van der Waals surface area (Å²) in [4.78, 5) is 16.3. The second kappa shape index (κ2) is 10.7. The van der Waals surface area contributed by atoms with Crippen LogP contribution in [-0.2, 0) is 16.4 Å². The summed E-state index contributed by atoms with van der Waals surface area (Å²) in [7, 11) is 2.47. The lowest BCUT2D eigenvalue weighted by Crippen LogP contribution is -2.50. The van der Waals surface area contributed by atoms with Crippen LogP contribution in [-0.4, -0.2) is 56.7 Å². The van der Waals surface area contributed by atoms with Gasteiger partial charge < -0.3 is 15.5 Å². The van der Waals surface area contributed by atoms with Crippen molar-refractivity contribution in [1.82, 2.24) is 15.5 Å². The van der Waals surface area contributed by atoms with Crippen molar-refractivity contribution >= 4 is 35.8 Å². The molecule has 176 valence electrons. The number of hydrogen-bond acceptors (Lipinski definition) is 2. The lowest BCUT2D eigenvalue weighted by atomic mass is 9.64. The Labute approximate surface area is 193 Å². The van der Waals surface area contributed by atoms with Crippen LogP contribution in [0.15, 0.2) is 29.3 Å². The average Bonchev–Trinajstić information content (AvgIpc) is 2.61. The van der Waals surface area contributed by atoms with E-state index in [9.17, 15) is 31.1 Å². The molecule has 1 aromatic rings. The Kier molecular flexibility index (Phi) is 9.45. The van der Waals surface area contributed by atoms with Gasteiger partial charge in [-0.1, -0.05) is 24.6 Å². The van der Waals surface area contributed by atoms with Crippen molar-refractivity contribution in [3.63, 3.8) is 0 Å². The van der Waals surface area contributed by atoms with Crippen molar-refractivity contribution in [3.05, 3.63) is 35.4 Å². The van der Waals surface area contributed by atoms with Crippen LogP contribution >= 0.6 is 24.0 Å². The molecule has 0 unspecified atom stereocenters. The number of alkyl halides is 6. The third-order valence-electron chi connectivity index (χ3n) is 5.18. The lowest BCUT2D eigenvalue weighted by molar-refractivity contribution is -0.157. The van der Waals surface area contributed by atoms with E-state index in [4.69, 9.17) is 0 Å². The van der Waals surface area contributed by atoms with Gasteiger partial charge in [0.05, 0.1) is 12.1 Å². The number of carbonyl (C=O) groups excluding carboxylic acids is 1. The number of hydrogen-bond donors (Lipinski definition) is 2. The molecular weight excluding hydrogens is 541 g/mol. The predicted molar refractivity (Wildman–Crippen MR) is 115 cm³/mol. The van der Waals surface area contributed by atoms with E-state index in [0.717, 1.165) is 25.6 Å². The molecule has 31 heavy (non-hydrogen) atoms. The SMILES string of the molecule is CN=C(NCC(=O)N(C)CC(F)(F)F)NCC1(c2cccc(C(F)(F)F)c2)CCC1.I. The maximum absolute atomic E-state index is 13.0. The highest BCUT2D eigenvalue weighted by Gasteiger charge is 2.40. The minimum Gasteiger partial charge on any atom is -0.356 e. The quantitative estimate of drug-likeness (QED) is 0.238. The number of likely N-dealkylation sites (N-methyl/N-ethyl adjacent to an activating group) is 1. The van der Waals surface area contributed by atoms with Gasteiger partial charge in [0.25, 0.3) is 0 Å². The fourth-order valence-corrected chi connectivity index (χ4v) is 3.32. The summed E-state index contributed by atoms with van der Waals surface area (Å²) in [6.07, 6.45) is -6.69. The van der Waals surface area contributed by atoms with Gasteiger partial charge in [0.2, 0.25) is 5.91 Å². The molecule has 1 saturated carbocycles. The van der Waals surface area contributed by atoms with Gasteiger partial charge in [-0.25, -0.2) is 0 Å². The number of amides is 1. The Bertz CT molecular complexity index is 777. The zero-order valence-electron chi connectivity index (χ0n) is 17.0. The Hall–Kier alpha value is -1.73. The van der Waals surface area contributed by atoms with Crippen LogP contribution < -0.4 is 10.6 Å². The normalized spacial score (nSPS) is 16.1. The van der Waals surface area contributed by atoms with Crippen LogP contribution in [0.5, 0.6) is 0 Å². The van der Waals surface area contributed by atoms with Crippen molar-refractivity contribution in [2.24, 2.45) is 4.99 Å². The molecule has 0 aliphatic heterocycles. The molecule has 1 amide bonds. The van der Waals surface area contributed by atoms with Gasteiger partial charge in [0.1, 0.15) is 6.54 Å². The predicted octanol–water partition coefficient (Wildman–Crippen LogP) is 3.93. The number of nitrogens with zero attached hydrogens (tertiary/aromatic N) is 2. The van der Waals surface area contributed by atoms with Crippen LogP contribution in [0, 0.1) is 0 Å². The number of rotatable bonds is 6. The summed E-state index contributed by atoms with van der Waals surface area (Å²) in [6, 6.07) is 5.20. The van der Waals surface area contributed by atoms with E-state index >= 15 is 0 Å². The molecular formula is C19H25F6IN4O. The largest absolute Gasteiger partial charge is 0.416 e. The third-order valence-corrected chi connectivity index (χ3v) is 5.18. The highest BCUT2D eigenvalue weighted by atomic mass is 127. The van der Waals surface area contributed by atoms with Gasteiger partial charge in [-0.2, -0.15) is 26.3 Å². The summed E-state index contributed by atoms with van der Waals surface area (Å²) in [6.45, 7) is -1.48. The topological polar surface area (TPSA) is 56.7 Å². The maximum Gasteiger partial charge on any atom is 0.416 e. The summed E-state index contributed by atoms with van der Waals surface area (Å²) in [5.41, 5.74) is -0.657. The molecule has 1 aliphatic carbocycles. The van der Waals surface area contributed by atoms with E-state index in [-0.39, 0.29) is 36.5 Å². The molecule has 0 heterocycles. The van der Waals surface area contributed by atoms with Gasteiger partial charge in [-0.05, 0) is 24.5 Å². The molecule has 1 aliphatic rings. The monoisotopic (exact) mass is 566 g/mol. The smallest absolute Gasteiger partial charge is 0.356 e. The summed E-state index contributed by atoms with van der Waals surface area (Å²) in [5.74, 6) is -0.589. The molecule has 1 aromatic carbocycles. The molecule has 0 aromatic heterocycles. The summed E-state index contributed by atoms with van der Waals surface area (Å²) < 4.78 is 76.2. The first-order valence-corrected chi connectivity index (χ1v) is 9.29. The highest BCUT2D eigenvalue weighted by molar-refractivity contribution is 14.0. The Balaban J connectivity index is 0.00000480. The van der Waals surface area contributed by atoms with Crippen LogP contribution in [0.2, 0.25) is 0 Å².